The van der Waals surface area contributed by atoms with Gasteiger partial charge in [-0.05, 0) is 54.9 Å². The summed E-state index contributed by atoms with van der Waals surface area (Å²) in [7, 11) is 0. The van der Waals surface area contributed by atoms with Crippen LogP contribution in [0.5, 0.6) is 5.75 Å². The molecule has 0 bridgehead atoms. The van der Waals surface area contributed by atoms with E-state index in [9.17, 15) is 0 Å². The first-order valence-electron chi connectivity index (χ1n) is 10.9. The standard InChI is InChI=1S/C25H30N4O/c1-17(2)11-21(26)16-30-22-12-20(14-27-15-22)19-8-10-25-23(13-19)24(28-29-25)9-7-18-5-3-4-6-18/h8,10,12-15,17-18,21H,3-6,11,16,26H2,1-2H3,(H,28,29). The second-order valence-electron chi connectivity index (χ2n) is 8.69. The first-order valence-corrected chi connectivity index (χ1v) is 10.9. The van der Waals surface area contributed by atoms with E-state index in [-0.39, 0.29) is 6.04 Å². The maximum Gasteiger partial charge on any atom is 0.142 e. The smallest absolute Gasteiger partial charge is 0.142 e. The Morgan fingerprint density at radius 2 is 2.00 bits per heavy atom. The number of hydrogen-bond donors (Lipinski definition) is 2. The molecule has 4 rings (SSSR count). The molecule has 5 nitrogen and oxygen atoms in total. The van der Waals surface area contributed by atoms with Crippen LogP contribution in [0.25, 0.3) is 22.0 Å². The molecule has 2 aromatic heterocycles. The molecular formula is C25H30N4O. The van der Waals surface area contributed by atoms with E-state index >= 15 is 0 Å². The van der Waals surface area contributed by atoms with Gasteiger partial charge in [-0.15, -0.1) is 0 Å². The zero-order valence-electron chi connectivity index (χ0n) is 17.8. The minimum atomic E-state index is 0.0249. The molecule has 156 valence electrons. The fourth-order valence-electron chi connectivity index (χ4n) is 4.06. The Morgan fingerprint density at radius 1 is 1.17 bits per heavy atom. The van der Waals surface area contributed by atoms with Gasteiger partial charge in [0, 0.05) is 29.1 Å². The second-order valence-corrected chi connectivity index (χ2v) is 8.69. The molecule has 0 radical (unpaired) electrons. The Labute approximate surface area is 178 Å². The molecule has 0 aliphatic heterocycles. The minimum Gasteiger partial charge on any atom is -0.490 e. The normalized spacial score (nSPS) is 15.3. The Kier molecular flexibility index (Phi) is 6.35. The molecule has 30 heavy (non-hydrogen) atoms. The second kappa shape index (κ2) is 9.32. The van der Waals surface area contributed by atoms with Crippen molar-refractivity contribution in [3.05, 3.63) is 42.4 Å². The lowest BCUT2D eigenvalue weighted by Gasteiger charge is -2.15. The van der Waals surface area contributed by atoms with Crippen LogP contribution in [0.15, 0.2) is 36.7 Å². The lowest BCUT2D eigenvalue weighted by molar-refractivity contribution is 0.270. The largest absolute Gasteiger partial charge is 0.490 e. The molecular weight excluding hydrogens is 372 g/mol. The van der Waals surface area contributed by atoms with Crippen molar-refractivity contribution in [3.8, 4) is 28.7 Å². The van der Waals surface area contributed by atoms with Crippen LogP contribution in [0.3, 0.4) is 0 Å². The summed E-state index contributed by atoms with van der Waals surface area (Å²) in [5.74, 6) is 8.52. The Morgan fingerprint density at radius 3 is 2.80 bits per heavy atom. The number of aromatic nitrogens is 3. The summed E-state index contributed by atoms with van der Waals surface area (Å²) in [6.07, 6.45) is 9.53. The van der Waals surface area contributed by atoms with Crippen LogP contribution in [0, 0.1) is 23.7 Å². The van der Waals surface area contributed by atoms with Gasteiger partial charge in [0.15, 0.2) is 0 Å². The molecule has 0 amide bonds. The number of hydrogen-bond acceptors (Lipinski definition) is 4. The van der Waals surface area contributed by atoms with Crippen molar-refractivity contribution in [2.24, 2.45) is 17.6 Å². The number of aromatic amines is 1. The van der Waals surface area contributed by atoms with Crippen molar-refractivity contribution in [1.82, 2.24) is 15.2 Å². The van der Waals surface area contributed by atoms with E-state index in [1.165, 1.54) is 25.7 Å². The maximum absolute atomic E-state index is 6.14. The molecule has 1 saturated carbocycles. The van der Waals surface area contributed by atoms with E-state index in [0.717, 1.165) is 39.9 Å². The first-order chi connectivity index (χ1) is 14.6. The van der Waals surface area contributed by atoms with Crippen LogP contribution in [-0.4, -0.2) is 27.8 Å². The van der Waals surface area contributed by atoms with E-state index in [1.807, 2.05) is 18.3 Å². The average Bonchev–Trinajstić information content (AvgIpc) is 3.40. The molecule has 1 aliphatic carbocycles. The van der Waals surface area contributed by atoms with Crippen LogP contribution in [0.4, 0.5) is 0 Å². The fourth-order valence-corrected chi connectivity index (χ4v) is 4.06. The molecule has 1 aliphatic rings. The monoisotopic (exact) mass is 402 g/mol. The Hall–Kier alpha value is -2.84. The number of nitrogens with two attached hydrogens (primary N) is 1. The summed E-state index contributed by atoms with van der Waals surface area (Å²) in [5.41, 5.74) is 10.0. The number of fused-ring (bicyclic) bond motifs is 1. The summed E-state index contributed by atoms with van der Waals surface area (Å²) in [4.78, 5) is 4.36. The molecule has 3 aromatic rings. The van der Waals surface area contributed by atoms with Gasteiger partial charge >= 0.3 is 0 Å². The molecule has 1 unspecified atom stereocenters. The molecule has 1 aromatic carbocycles. The summed E-state index contributed by atoms with van der Waals surface area (Å²) < 4.78 is 5.89. The van der Waals surface area contributed by atoms with Crippen LogP contribution in [-0.2, 0) is 0 Å². The third-order valence-corrected chi connectivity index (χ3v) is 5.60. The highest BCUT2D eigenvalue weighted by molar-refractivity contribution is 5.88. The van der Waals surface area contributed by atoms with Crippen LogP contribution in [0.1, 0.15) is 51.6 Å². The zero-order valence-corrected chi connectivity index (χ0v) is 17.8. The molecule has 3 N–H and O–H groups in total. The van der Waals surface area contributed by atoms with E-state index < -0.39 is 0 Å². The van der Waals surface area contributed by atoms with Gasteiger partial charge in [0.05, 0.1) is 11.7 Å². The molecule has 5 heteroatoms. The van der Waals surface area contributed by atoms with E-state index in [4.69, 9.17) is 10.5 Å². The van der Waals surface area contributed by atoms with Crippen molar-refractivity contribution < 1.29 is 4.74 Å². The van der Waals surface area contributed by atoms with Crippen molar-refractivity contribution in [2.45, 2.75) is 52.0 Å². The van der Waals surface area contributed by atoms with Gasteiger partial charge in [0.2, 0.25) is 0 Å². The van der Waals surface area contributed by atoms with Gasteiger partial charge in [-0.1, -0.05) is 38.7 Å². The van der Waals surface area contributed by atoms with Gasteiger partial charge in [0.1, 0.15) is 18.1 Å². The summed E-state index contributed by atoms with van der Waals surface area (Å²) >= 11 is 0. The van der Waals surface area contributed by atoms with Gasteiger partial charge in [-0.3, -0.25) is 10.1 Å². The number of H-pyrrole nitrogens is 1. The van der Waals surface area contributed by atoms with Crippen LogP contribution >= 0.6 is 0 Å². The number of nitrogens with one attached hydrogen (secondary N) is 1. The van der Waals surface area contributed by atoms with Crippen LogP contribution in [0.2, 0.25) is 0 Å². The average molecular weight is 403 g/mol. The maximum atomic E-state index is 6.14. The van der Waals surface area contributed by atoms with E-state index in [2.05, 4.69) is 53.0 Å². The highest BCUT2D eigenvalue weighted by Gasteiger charge is 2.13. The van der Waals surface area contributed by atoms with Gasteiger partial charge in [-0.2, -0.15) is 5.10 Å². The third kappa shape index (κ3) is 5.01. The number of pyridine rings is 1. The fraction of sp³-hybridized carbons (Fsp3) is 0.440. The van der Waals surface area contributed by atoms with Crippen molar-refractivity contribution in [3.63, 3.8) is 0 Å². The van der Waals surface area contributed by atoms with Gasteiger partial charge < -0.3 is 10.5 Å². The van der Waals surface area contributed by atoms with E-state index in [1.54, 1.807) is 6.20 Å². The highest BCUT2D eigenvalue weighted by atomic mass is 16.5. The Bertz CT molecular complexity index is 1050. The van der Waals surface area contributed by atoms with Crippen molar-refractivity contribution in [2.75, 3.05) is 6.61 Å². The highest BCUT2D eigenvalue weighted by Crippen LogP contribution is 2.28. The minimum absolute atomic E-state index is 0.0249. The third-order valence-electron chi connectivity index (χ3n) is 5.60. The molecule has 2 heterocycles. The number of benzene rings is 1. The quantitative estimate of drug-likeness (QED) is 0.574. The van der Waals surface area contributed by atoms with E-state index in [0.29, 0.717) is 18.4 Å². The molecule has 1 fully saturated rings. The van der Waals surface area contributed by atoms with Gasteiger partial charge in [0.25, 0.3) is 0 Å². The summed E-state index contributed by atoms with van der Waals surface area (Å²) in [6, 6.07) is 8.28. The van der Waals surface area contributed by atoms with Crippen molar-refractivity contribution >= 4 is 10.9 Å². The Balaban J connectivity index is 1.53. The predicted molar refractivity (Wildman–Crippen MR) is 121 cm³/mol. The number of nitrogens with zero attached hydrogens (tertiary/aromatic N) is 2. The number of ether oxygens (including phenoxy) is 1. The van der Waals surface area contributed by atoms with Crippen molar-refractivity contribution in [1.29, 1.82) is 0 Å². The predicted octanol–water partition coefficient (Wildman–Crippen LogP) is 4.92. The molecule has 1 atom stereocenters. The molecule has 0 saturated heterocycles. The summed E-state index contributed by atoms with van der Waals surface area (Å²) in [5, 5.41) is 8.57. The van der Waals surface area contributed by atoms with Gasteiger partial charge in [-0.25, -0.2) is 0 Å². The molecule has 0 spiro atoms. The lowest BCUT2D eigenvalue weighted by atomic mass is 10.0. The van der Waals surface area contributed by atoms with Crippen LogP contribution < -0.4 is 10.5 Å². The summed E-state index contributed by atoms with van der Waals surface area (Å²) in [6.45, 7) is 4.83. The SMILES string of the molecule is CC(C)CC(N)COc1cncc(-c2ccc3[nH]nc(C#CC4CCCC4)c3c2)c1. The lowest BCUT2D eigenvalue weighted by Crippen LogP contribution is -2.29. The number of rotatable bonds is 6. The first kappa shape index (κ1) is 20.4. The zero-order chi connectivity index (χ0) is 20.9. The topological polar surface area (TPSA) is 76.8 Å².